The van der Waals surface area contributed by atoms with Gasteiger partial charge < -0.3 is 19.1 Å². The molecule has 1 heterocycles. The van der Waals surface area contributed by atoms with Crippen molar-refractivity contribution in [3.05, 3.63) is 35.9 Å². The second-order valence-electron chi connectivity index (χ2n) is 7.78. The maximum atomic E-state index is 12.6. The van der Waals surface area contributed by atoms with Crippen molar-refractivity contribution in [2.75, 3.05) is 26.8 Å². The molecule has 0 N–H and O–H groups in total. The summed E-state index contributed by atoms with van der Waals surface area (Å²) in [4.78, 5) is 28.4. The fourth-order valence-corrected chi connectivity index (χ4v) is 2.97. The molecule has 1 aromatic rings. The molecule has 27 heavy (non-hydrogen) atoms. The van der Waals surface area contributed by atoms with Gasteiger partial charge in [-0.3, -0.25) is 4.90 Å². The summed E-state index contributed by atoms with van der Waals surface area (Å²) >= 11 is 0. The predicted octanol–water partition coefficient (Wildman–Crippen LogP) is 3.28. The van der Waals surface area contributed by atoms with Gasteiger partial charge in [0, 0.05) is 20.2 Å². The molecule has 7 nitrogen and oxygen atoms in total. The van der Waals surface area contributed by atoms with Gasteiger partial charge in [0.25, 0.3) is 0 Å². The van der Waals surface area contributed by atoms with Crippen LogP contribution in [0.25, 0.3) is 0 Å². The van der Waals surface area contributed by atoms with Gasteiger partial charge in [0.2, 0.25) is 0 Å². The predicted molar refractivity (Wildman–Crippen MR) is 101 cm³/mol. The minimum atomic E-state index is -0.570. The van der Waals surface area contributed by atoms with Crippen LogP contribution in [-0.4, -0.2) is 66.5 Å². The molecule has 1 aromatic carbocycles. The second kappa shape index (κ2) is 9.08. The van der Waals surface area contributed by atoms with E-state index in [4.69, 9.17) is 14.2 Å². The molecule has 1 aliphatic rings. The minimum Gasteiger partial charge on any atom is -0.445 e. The quantitative estimate of drug-likeness (QED) is 0.804. The van der Waals surface area contributed by atoms with Gasteiger partial charge in [0.1, 0.15) is 12.2 Å². The summed E-state index contributed by atoms with van der Waals surface area (Å²) in [6.45, 7) is 8.61. The van der Waals surface area contributed by atoms with Crippen LogP contribution in [0.2, 0.25) is 0 Å². The van der Waals surface area contributed by atoms with E-state index in [1.165, 1.54) is 0 Å². The van der Waals surface area contributed by atoms with Crippen LogP contribution in [0.15, 0.2) is 30.3 Å². The molecule has 1 saturated heterocycles. The normalized spacial score (nSPS) is 20.3. The van der Waals surface area contributed by atoms with Crippen LogP contribution < -0.4 is 0 Å². The van der Waals surface area contributed by atoms with E-state index in [2.05, 4.69) is 0 Å². The standard InChI is InChI=1S/C20H30N2O5/c1-15-11-22(18(23)26-13-16-9-7-6-8-10-16)17(14-25-5)12-21(15)19(24)27-20(2,3)4/h6-10,15,17H,11-14H2,1-5H3/t15-,17-/m1/s1. The van der Waals surface area contributed by atoms with Crippen LogP contribution in [-0.2, 0) is 20.8 Å². The van der Waals surface area contributed by atoms with Crippen LogP contribution in [0.1, 0.15) is 33.3 Å². The fourth-order valence-electron chi connectivity index (χ4n) is 2.97. The topological polar surface area (TPSA) is 68.3 Å². The van der Waals surface area contributed by atoms with Gasteiger partial charge in [-0.1, -0.05) is 30.3 Å². The van der Waals surface area contributed by atoms with Gasteiger partial charge in [0.15, 0.2) is 0 Å². The molecule has 0 unspecified atom stereocenters. The highest BCUT2D eigenvalue weighted by Gasteiger charge is 2.39. The van der Waals surface area contributed by atoms with Crippen molar-refractivity contribution in [2.24, 2.45) is 0 Å². The lowest BCUT2D eigenvalue weighted by molar-refractivity contribution is -0.0265. The van der Waals surface area contributed by atoms with Gasteiger partial charge in [-0.15, -0.1) is 0 Å². The Morgan fingerprint density at radius 1 is 1.07 bits per heavy atom. The lowest BCUT2D eigenvalue weighted by atomic mass is 10.1. The molecule has 0 spiro atoms. The van der Waals surface area contributed by atoms with Crippen LogP contribution >= 0.6 is 0 Å². The molecule has 2 atom stereocenters. The van der Waals surface area contributed by atoms with E-state index < -0.39 is 11.7 Å². The molecule has 0 saturated carbocycles. The molecule has 0 radical (unpaired) electrons. The third kappa shape index (κ3) is 6.13. The summed E-state index contributed by atoms with van der Waals surface area (Å²) in [5.74, 6) is 0. The Kier molecular flexibility index (Phi) is 7.07. The Bertz CT molecular complexity index is 629. The zero-order valence-corrected chi connectivity index (χ0v) is 16.8. The monoisotopic (exact) mass is 378 g/mol. The van der Waals surface area contributed by atoms with Crippen LogP contribution in [0, 0.1) is 0 Å². The zero-order chi connectivity index (χ0) is 20.0. The summed E-state index contributed by atoms with van der Waals surface area (Å²) in [5, 5.41) is 0. The van der Waals surface area contributed by atoms with Gasteiger partial charge in [0.05, 0.1) is 18.7 Å². The largest absolute Gasteiger partial charge is 0.445 e. The number of rotatable bonds is 4. The smallest absolute Gasteiger partial charge is 0.410 e. The van der Waals surface area contributed by atoms with Crippen LogP contribution in [0.3, 0.4) is 0 Å². The first-order valence-corrected chi connectivity index (χ1v) is 9.17. The Morgan fingerprint density at radius 3 is 2.33 bits per heavy atom. The Hall–Kier alpha value is -2.28. The number of ether oxygens (including phenoxy) is 3. The maximum Gasteiger partial charge on any atom is 0.410 e. The zero-order valence-electron chi connectivity index (χ0n) is 16.8. The van der Waals surface area contributed by atoms with Crippen molar-refractivity contribution in [3.8, 4) is 0 Å². The van der Waals surface area contributed by atoms with E-state index >= 15 is 0 Å². The second-order valence-corrected chi connectivity index (χ2v) is 7.78. The van der Waals surface area contributed by atoms with E-state index in [9.17, 15) is 9.59 Å². The SMILES string of the molecule is COC[C@H]1CN(C(=O)OC(C)(C)C)[C@H](C)CN1C(=O)OCc1ccccc1. The summed E-state index contributed by atoms with van der Waals surface area (Å²) < 4.78 is 16.2. The van der Waals surface area contributed by atoms with Crippen molar-refractivity contribution in [2.45, 2.75) is 52.0 Å². The van der Waals surface area contributed by atoms with Crippen molar-refractivity contribution in [1.29, 1.82) is 0 Å². The first-order valence-electron chi connectivity index (χ1n) is 9.17. The van der Waals surface area contributed by atoms with Crippen molar-refractivity contribution in [1.82, 2.24) is 9.80 Å². The molecule has 2 amide bonds. The molecule has 2 rings (SSSR count). The first kappa shape index (κ1) is 21.0. The lowest BCUT2D eigenvalue weighted by Crippen LogP contribution is -2.62. The third-order valence-corrected chi connectivity index (χ3v) is 4.27. The van der Waals surface area contributed by atoms with Crippen LogP contribution in [0.4, 0.5) is 9.59 Å². The van der Waals surface area contributed by atoms with Crippen LogP contribution in [0.5, 0.6) is 0 Å². The lowest BCUT2D eigenvalue weighted by Gasteiger charge is -2.44. The van der Waals surface area contributed by atoms with Crippen molar-refractivity contribution >= 4 is 12.2 Å². The number of hydrogen-bond acceptors (Lipinski definition) is 5. The number of benzene rings is 1. The van der Waals surface area contributed by atoms with Crippen molar-refractivity contribution < 1.29 is 23.8 Å². The van der Waals surface area contributed by atoms with Gasteiger partial charge >= 0.3 is 12.2 Å². The summed E-state index contributed by atoms with van der Waals surface area (Å²) in [6.07, 6.45) is -0.787. The Balaban J connectivity index is 2.02. The summed E-state index contributed by atoms with van der Waals surface area (Å²) in [7, 11) is 1.57. The molecule has 0 aromatic heterocycles. The Morgan fingerprint density at radius 2 is 1.74 bits per heavy atom. The fraction of sp³-hybridized carbons (Fsp3) is 0.600. The number of carbonyl (C=O) groups excluding carboxylic acids is 2. The molecular formula is C20H30N2O5. The van der Waals surface area contributed by atoms with Gasteiger partial charge in [-0.25, -0.2) is 9.59 Å². The number of methoxy groups -OCH3 is 1. The highest BCUT2D eigenvalue weighted by Crippen LogP contribution is 2.20. The first-order chi connectivity index (χ1) is 12.7. The average molecular weight is 378 g/mol. The van der Waals surface area contributed by atoms with Gasteiger partial charge in [-0.05, 0) is 33.3 Å². The van der Waals surface area contributed by atoms with Crippen molar-refractivity contribution in [3.63, 3.8) is 0 Å². The molecule has 1 fully saturated rings. The number of amides is 2. The molecule has 150 valence electrons. The van der Waals surface area contributed by atoms with E-state index in [-0.39, 0.29) is 24.8 Å². The third-order valence-electron chi connectivity index (χ3n) is 4.27. The van der Waals surface area contributed by atoms with E-state index in [1.807, 2.05) is 58.0 Å². The Labute approximate surface area is 161 Å². The van der Waals surface area contributed by atoms with E-state index in [1.54, 1.807) is 16.9 Å². The molecule has 1 aliphatic heterocycles. The van der Waals surface area contributed by atoms with E-state index in [0.717, 1.165) is 5.56 Å². The summed E-state index contributed by atoms with van der Waals surface area (Å²) in [6, 6.07) is 9.06. The highest BCUT2D eigenvalue weighted by atomic mass is 16.6. The molecule has 0 aliphatic carbocycles. The molecule has 0 bridgehead atoms. The number of piperazine rings is 1. The number of hydrogen-bond donors (Lipinski definition) is 0. The molecule has 7 heteroatoms. The average Bonchev–Trinajstić information content (AvgIpc) is 2.60. The number of nitrogens with zero attached hydrogens (tertiary/aromatic N) is 2. The maximum absolute atomic E-state index is 12.6. The highest BCUT2D eigenvalue weighted by molar-refractivity contribution is 5.71. The van der Waals surface area contributed by atoms with E-state index in [0.29, 0.717) is 19.7 Å². The summed E-state index contributed by atoms with van der Waals surface area (Å²) in [5.41, 5.74) is 0.355. The van der Waals surface area contributed by atoms with Gasteiger partial charge in [-0.2, -0.15) is 0 Å². The molecular weight excluding hydrogens is 348 g/mol. The number of carbonyl (C=O) groups is 2. The minimum absolute atomic E-state index is 0.183.